The number of nitrogens with one attached hydrogen (secondary N) is 1. The Labute approximate surface area is 136 Å². The molecule has 1 aliphatic heterocycles. The summed E-state index contributed by atoms with van der Waals surface area (Å²) in [4.78, 5) is 14.3. The van der Waals surface area contributed by atoms with E-state index in [1.165, 1.54) is 65.9 Å². The average molecular weight is 316 g/mol. The van der Waals surface area contributed by atoms with Gasteiger partial charge in [0, 0.05) is 30.1 Å². The molecular formula is C17H24N4S. The topological polar surface area (TPSA) is 41.0 Å². The lowest BCUT2D eigenvalue weighted by molar-refractivity contribution is 0.177. The van der Waals surface area contributed by atoms with Crippen LogP contribution < -0.4 is 5.32 Å². The van der Waals surface area contributed by atoms with Crippen LogP contribution in [0.15, 0.2) is 6.33 Å². The fourth-order valence-electron chi connectivity index (χ4n) is 3.79. The standard InChI is InChI=1S/C17H24N4S/c1-11(2)21-8-6-12(7-9-21)20-16-15-13-4-3-5-14(13)22-17(15)19-10-18-16/h10-12H,3-9H2,1-2H3,(H,18,19,20). The number of likely N-dealkylation sites (tertiary alicyclic amines) is 1. The molecule has 0 aromatic carbocycles. The predicted molar refractivity (Wildman–Crippen MR) is 92.8 cm³/mol. The fourth-order valence-corrected chi connectivity index (χ4v) is 5.02. The molecule has 0 saturated carbocycles. The van der Waals surface area contributed by atoms with Gasteiger partial charge in [0.05, 0.1) is 5.39 Å². The number of aryl methyl sites for hydroxylation is 2. The molecule has 22 heavy (non-hydrogen) atoms. The average Bonchev–Trinajstić information content (AvgIpc) is 3.08. The van der Waals surface area contributed by atoms with Crippen LogP contribution in [-0.4, -0.2) is 40.0 Å². The zero-order valence-electron chi connectivity index (χ0n) is 13.4. The predicted octanol–water partition coefficient (Wildman–Crippen LogP) is 3.46. The second-order valence-electron chi connectivity index (χ2n) is 6.81. The number of aromatic nitrogens is 2. The quantitative estimate of drug-likeness (QED) is 0.941. The first-order valence-electron chi connectivity index (χ1n) is 8.48. The van der Waals surface area contributed by atoms with E-state index in [0.29, 0.717) is 12.1 Å². The fraction of sp³-hybridized carbons (Fsp3) is 0.647. The van der Waals surface area contributed by atoms with Crippen molar-refractivity contribution in [3.05, 3.63) is 16.8 Å². The summed E-state index contributed by atoms with van der Waals surface area (Å²) in [6.45, 7) is 6.95. The van der Waals surface area contributed by atoms with Crippen molar-refractivity contribution in [3.63, 3.8) is 0 Å². The number of hydrogen-bond donors (Lipinski definition) is 1. The molecule has 2 aromatic rings. The molecule has 5 heteroatoms. The van der Waals surface area contributed by atoms with Gasteiger partial charge >= 0.3 is 0 Å². The number of anilines is 1. The summed E-state index contributed by atoms with van der Waals surface area (Å²) < 4.78 is 0. The van der Waals surface area contributed by atoms with E-state index in [4.69, 9.17) is 0 Å². The van der Waals surface area contributed by atoms with E-state index < -0.39 is 0 Å². The first kappa shape index (κ1) is 14.4. The molecule has 0 unspecified atom stereocenters. The Hall–Kier alpha value is -1.20. The highest BCUT2D eigenvalue weighted by atomic mass is 32.1. The maximum Gasteiger partial charge on any atom is 0.138 e. The maximum absolute atomic E-state index is 4.58. The lowest BCUT2D eigenvalue weighted by Gasteiger charge is -2.35. The lowest BCUT2D eigenvalue weighted by atomic mass is 10.0. The SMILES string of the molecule is CC(C)N1CCC(Nc2ncnc3sc4c(c23)CCC4)CC1. The van der Waals surface area contributed by atoms with Crippen LogP contribution in [0, 0.1) is 0 Å². The van der Waals surface area contributed by atoms with Gasteiger partial charge < -0.3 is 10.2 Å². The van der Waals surface area contributed by atoms with E-state index in [-0.39, 0.29) is 0 Å². The summed E-state index contributed by atoms with van der Waals surface area (Å²) in [6.07, 6.45) is 7.84. The Morgan fingerprint density at radius 2 is 2.05 bits per heavy atom. The Bertz CT molecular complexity index is 671. The summed E-state index contributed by atoms with van der Waals surface area (Å²) in [5, 5.41) is 5.04. The van der Waals surface area contributed by atoms with Crippen LogP contribution in [0.3, 0.4) is 0 Å². The second-order valence-corrected chi connectivity index (χ2v) is 7.89. The molecule has 3 heterocycles. The van der Waals surface area contributed by atoms with Gasteiger partial charge in [-0.3, -0.25) is 0 Å². The first-order chi connectivity index (χ1) is 10.7. The monoisotopic (exact) mass is 316 g/mol. The zero-order chi connectivity index (χ0) is 15.1. The minimum absolute atomic E-state index is 0.546. The normalized spacial score (nSPS) is 20.0. The summed E-state index contributed by atoms with van der Waals surface area (Å²) in [5.74, 6) is 1.08. The largest absolute Gasteiger partial charge is 0.367 e. The van der Waals surface area contributed by atoms with E-state index in [2.05, 4.69) is 34.0 Å². The molecule has 0 radical (unpaired) electrons. The van der Waals surface area contributed by atoms with E-state index >= 15 is 0 Å². The molecule has 1 fully saturated rings. The third kappa shape index (κ3) is 2.50. The maximum atomic E-state index is 4.58. The van der Waals surface area contributed by atoms with Crippen LogP contribution in [0.25, 0.3) is 10.2 Å². The number of piperidine rings is 1. The van der Waals surface area contributed by atoms with Crippen molar-refractivity contribution in [2.45, 2.75) is 58.0 Å². The van der Waals surface area contributed by atoms with Gasteiger partial charge in [-0.2, -0.15) is 0 Å². The van der Waals surface area contributed by atoms with E-state index in [1.807, 2.05) is 11.3 Å². The van der Waals surface area contributed by atoms with E-state index in [0.717, 1.165) is 5.82 Å². The first-order valence-corrected chi connectivity index (χ1v) is 9.30. The van der Waals surface area contributed by atoms with Crippen molar-refractivity contribution in [2.24, 2.45) is 0 Å². The van der Waals surface area contributed by atoms with Crippen molar-refractivity contribution < 1.29 is 0 Å². The van der Waals surface area contributed by atoms with Gasteiger partial charge in [0.15, 0.2) is 0 Å². The summed E-state index contributed by atoms with van der Waals surface area (Å²) in [5.41, 5.74) is 1.52. The number of hydrogen-bond acceptors (Lipinski definition) is 5. The van der Waals surface area contributed by atoms with Gasteiger partial charge in [-0.1, -0.05) is 0 Å². The highest BCUT2D eigenvalue weighted by Gasteiger charge is 2.24. The van der Waals surface area contributed by atoms with Crippen LogP contribution in [0.4, 0.5) is 5.82 Å². The number of thiophene rings is 1. The summed E-state index contributed by atoms with van der Waals surface area (Å²) in [7, 11) is 0. The third-order valence-corrected chi connectivity index (χ3v) is 6.30. The molecule has 1 saturated heterocycles. The Morgan fingerprint density at radius 3 is 2.82 bits per heavy atom. The molecular weight excluding hydrogens is 292 g/mol. The van der Waals surface area contributed by atoms with Crippen molar-refractivity contribution in [1.29, 1.82) is 0 Å². The molecule has 0 bridgehead atoms. The van der Waals surface area contributed by atoms with Crippen molar-refractivity contribution in [1.82, 2.24) is 14.9 Å². The van der Waals surface area contributed by atoms with E-state index in [9.17, 15) is 0 Å². The Balaban J connectivity index is 1.55. The minimum Gasteiger partial charge on any atom is -0.367 e. The smallest absolute Gasteiger partial charge is 0.138 e. The van der Waals surface area contributed by atoms with Gasteiger partial charge in [0.2, 0.25) is 0 Å². The number of rotatable bonds is 3. The molecule has 0 amide bonds. The molecule has 0 atom stereocenters. The molecule has 2 aliphatic rings. The van der Waals surface area contributed by atoms with Crippen LogP contribution in [0.1, 0.15) is 43.6 Å². The third-order valence-electron chi connectivity index (χ3n) is 5.10. The van der Waals surface area contributed by atoms with Gasteiger partial charge in [-0.05, 0) is 51.5 Å². The highest BCUT2D eigenvalue weighted by Crippen LogP contribution is 2.39. The Morgan fingerprint density at radius 1 is 1.23 bits per heavy atom. The van der Waals surface area contributed by atoms with Crippen LogP contribution >= 0.6 is 11.3 Å². The molecule has 0 spiro atoms. The number of fused-ring (bicyclic) bond motifs is 3. The number of nitrogens with zero attached hydrogens (tertiary/aromatic N) is 3. The molecule has 118 valence electrons. The molecule has 4 rings (SSSR count). The zero-order valence-corrected chi connectivity index (χ0v) is 14.2. The van der Waals surface area contributed by atoms with Gasteiger partial charge in [0.1, 0.15) is 17.0 Å². The molecule has 4 nitrogen and oxygen atoms in total. The highest BCUT2D eigenvalue weighted by molar-refractivity contribution is 7.19. The van der Waals surface area contributed by atoms with Gasteiger partial charge in [-0.25, -0.2) is 9.97 Å². The summed E-state index contributed by atoms with van der Waals surface area (Å²) in [6, 6.07) is 1.21. The van der Waals surface area contributed by atoms with Crippen LogP contribution in [-0.2, 0) is 12.8 Å². The molecule has 2 aromatic heterocycles. The molecule has 1 aliphatic carbocycles. The second kappa shape index (κ2) is 5.78. The van der Waals surface area contributed by atoms with Crippen LogP contribution in [0.5, 0.6) is 0 Å². The lowest BCUT2D eigenvalue weighted by Crippen LogP contribution is -2.42. The summed E-state index contributed by atoms with van der Waals surface area (Å²) >= 11 is 1.87. The van der Waals surface area contributed by atoms with Gasteiger partial charge in [0.25, 0.3) is 0 Å². The van der Waals surface area contributed by atoms with Crippen molar-refractivity contribution in [3.8, 4) is 0 Å². The van der Waals surface area contributed by atoms with Crippen molar-refractivity contribution in [2.75, 3.05) is 18.4 Å². The molecule has 1 N–H and O–H groups in total. The Kier molecular flexibility index (Phi) is 3.78. The van der Waals surface area contributed by atoms with Gasteiger partial charge in [-0.15, -0.1) is 11.3 Å². The minimum atomic E-state index is 0.546. The van der Waals surface area contributed by atoms with E-state index in [1.54, 1.807) is 6.33 Å². The van der Waals surface area contributed by atoms with Crippen LogP contribution in [0.2, 0.25) is 0 Å². The van der Waals surface area contributed by atoms with Crippen molar-refractivity contribution >= 4 is 27.4 Å².